The van der Waals surface area contributed by atoms with Gasteiger partial charge in [-0.1, -0.05) is 30.3 Å². The lowest BCUT2D eigenvalue weighted by molar-refractivity contribution is -0.0586. The summed E-state index contributed by atoms with van der Waals surface area (Å²) in [6, 6.07) is 10.5. The van der Waals surface area contributed by atoms with E-state index in [1.807, 2.05) is 6.07 Å². The lowest BCUT2D eigenvalue weighted by Crippen LogP contribution is -2.33. The normalized spacial score (nSPS) is 21.3. The highest BCUT2D eigenvalue weighted by atomic mass is 16.5. The average Bonchev–Trinajstić information content (AvgIpc) is 3.46. The van der Waals surface area contributed by atoms with Crippen LogP contribution in [0.25, 0.3) is 22.5 Å². The van der Waals surface area contributed by atoms with E-state index in [9.17, 15) is 0 Å². The predicted octanol–water partition coefficient (Wildman–Crippen LogP) is 3.46. The molecule has 2 aliphatic rings. The second-order valence-corrected chi connectivity index (χ2v) is 7.82. The number of tetrazole rings is 1. The third-order valence-corrected chi connectivity index (χ3v) is 6.02. The van der Waals surface area contributed by atoms with Crippen LogP contribution in [-0.4, -0.2) is 45.9 Å². The van der Waals surface area contributed by atoms with Gasteiger partial charge in [-0.2, -0.15) is 5.21 Å². The van der Waals surface area contributed by atoms with Crippen molar-refractivity contribution in [3.05, 3.63) is 47.3 Å². The summed E-state index contributed by atoms with van der Waals surface area (Å²) >= 11 is 0. The maximum atomic E-state index is 6.31. The minimum atomic E-state index is -0.583. The van der Waals surface area contributed by atoms with Crippen molar-refractivity contribution < 1.29 is 9.47 Å². The number of rotatable bonds is 5. The molecule has 3 aromatic rings. The molecule has 5 rings (SSSR count). The van der Waals surface area contributed by atoms with Crippen molar-refractivity contribution in [3.8, 4) is 22.5 Å². The van der Waals surface area contributed by atoms with Gasteiger partial charge in [0.25, 0.3) is 0 Å². The number of ether oxygens (including phenoxy) is 2. The summed E-state index contributed by atoms with van der Waals surface area (Å²) in [6.07, 6.45) is 6.17. The van der Waals surface area contributed by atoms with Crippen LogP contribution >= 0.6 is 0 Å². The first-order chi connectivity index (χ1) is 14.3. The Hall–Kier alpha value is -2.64. The van der Waals surface area contributed by atoms with Crippen molar-refractivity contribution in [1.82, 2.24) is 25.6 Å². The van der Waals surface area contributed by atoms with Crippen molar-refractivity contribution in [1.29, 1.82) is 0 Å². The van der Waals surface area contributed by atoms with Crippen molar-refractivity contribution in [2.75, 3.05) is 20.3 Å². The fraction of sp³-hybridized carbons (Fsp3) is 0.455. The van der Waals surface area contributed by atoms with E-state index >= 15 is 0 Å². The number of hydrogen-bond acceptors (Lipinski definition) is 6. The van der Waals surface area contributed by atoms with Crippen molar-refractivity contribution in [3.63, 3.8) is 0 Å². The van der Waals surface area contributed by atoms with Crippen LogP contribution in [0, 0.1) is 0 Å². The Kier molecular flexibility index (Phi) is 4.85. The number of aryl methyl sites for hydroxylation is 1. The summed E-state index contributed by atoms with van der Waals surface area (Å²) in [4.78, 5) is 5.20. The molecule has 2 aromatic heterocycles. The molecule has 0 amide bonds. The first kappa shape index (κ1) is 18.4. The molecule has 0 unspecified atom stereocenters. The zero-order valence-corrected chi connectivity index (χ0v) is 16.6. The standard InChI is InChI=1S/C22H25N5O2/c1-28-14-22(12-7-13-29-22)20-19(21-24-26-27-25-21)18(15-8-3-2-4-9-15)16-10-5-6-11-17(16)23-20/h2-4,8-9H,5-7,10-14H2,1H3,(H,24,25,26,27)/t22-/m0/s1. The van der Waals surface area contributed by atoms with Gasteiger partial charge >= 0.3 is 0 Å². The van der Waals surface area contributed by atoms with E-state index in [0.29, 0.717) is 19.0 Å². The van der Waals surface area contributed by atoms with Crippen LogP contribution in [0.2, 0.25) is 0 Å². The number of H-pyrrole nitrogens is 1. The minimum absolute atomic E-state index is 0.456. The Morgan fingerprint density at radius 1 is 1.10 bits per heavy atom. The highest BCUT2D eigenvalue weighted by Crippen LogP contribution is 2.46. The quantitative estimate of drug-likeness (QED) is 0.717. The molecule has 0 saturated carbocycles. The van der Waals surface area contributed by atoms with Crippen LogP contribution in [-0.2, 0) is 27.9 Å². The van der Waals surface area contributed by atoms with Crippen LogP contribution in [0.5, 0.6) is 0 Å². The molecule has 7 heteroatoms. The minimum Gasteiger partial charge on any atom is -0.381 e. The smallest absolute Gasteiger partial charge is 0.207 e. The molecule has 0 bridgehead atoms. The highest BCUT2D eigenvalue weighted by Gasteiger charge is 2.43. The van der Waals surface area contributed by atoms with Gasteiger partial charge in [-0.05, 0) is 60.4 Å². The molecule has 1 saturated heterocycles. The first-order valence-electron chi connectivity index (χ1n) is 10.3. The molecule has 1 aromatic carbocycles. The zero-order chi connectivity index (χ0) is 19.7. The lowest BCUT2D eigenvalue weighted by atomic mass is 9.81. The fourth-order valence-electron chi connectivity index (χ4n) is 4.78. The highest BCUT2D eigenvalue weighted by molar-refractivity contribution is 5.85. The van der Waals surface area contributed by atoms with Gasteiger partial charge in [-0.15, -0.1) is 10.2 Å². The van der Waals surface area contributed by atoms with E-state index in [0.717, 1.165) is 54.5 Å². The van der Waals surface area contributed by atoms with E-state index in [4.69, 9.17) is 14.5 Å². The van der Waals surface area contributed by atoms with E-state index < -0.39 is 5.60 Å². The van der Waals surface area contributed by atoms with Gasteiger partial charge in [-0.3, -0.25) is 4.98 Å². The molecule has 1 aliphatic heterocycles. The molecule has 1 fully saturated rings. The lowest BCUT2D eigenvalue weighted by Gasteiger charge is -2.32. The number of methoxy groups -OCH3 is 1. The molecule has 29 heavy (non-hydrogen) atoms. The molecule has 1 atom stereocenters. The van der Waals surface area contributed by atoms with E-state index in [2.05, 4.69) is 44.9 Å². The Labute approximate surface area is 169 Å². The molecule has 150 valence electrons. The molecular weight excluding hydrogens is 366 g/mol. The van der Waals surface area contributed by atoms with Crippen molar-refractivity contribution in [2.24, 2.45) is 0 Å². The summed E-state index contributed by atoms with van der Waals surface area (Å²) < 4.78 is 11.9. The van der Waals surface area contributed by atoms with Crippen LogP contribution in [0.4, 0.5) is 0 Å². The van der Waals surface area contributed by atoms with Crippen LogP contribution in [0.1, 0.15) is 42.6 Å². The van der Waals surface area contributed by atoms with Crippen LogP contribution in [0.15, 0.2) is 30.3 Å². The van der Waals surface area contributed by atoms with Gasteiger partial charge in [0.15, 0.2) is 0 Å². The fourth-order valence-corrected chi connectivity index (χ4v) is 4.78. The van der Waals surface area contributed by atoms with E-state index in [1.165, 1.54) is 17.7 Å². The van der Waals surface area contributed by atoms with Gasteiger partial charge in [0.2, 0.25) is 5.82 Å². The summed E-state index contributed by atoms with van der Waals surface area (Å²) in [7, 11) is 1.72. The Morgan fingerprint density at radius 2 is 1.97 bits per heavy atom. The number of benzene rings is 1. The van der Waals surface area contributed by atoms with E-state index in [1.54, 1.807) is 7.11 Å². The van der Waals surface area contributed by atoms with Crippen molar-refractivity contribution >= 4 is 0 Å². The third-order valence-electron chi connectivity index (χ3n) is 6.02. The Bertz CT molecular complexity index is 982. The topological polar surface area (TPSA) is 85.8 Å². The monoisotopic (exact) mass is 391 g/mol. The SMILES string of the molecule is COC[C@]1(c2nc3c(c(-c4ccccc4)c2-c2nn[nH]n2)CCCC3)CCCO1. The van der Waals surface area contributed by atoms with Crippen LogP contribution < -0.4 is 0 Å². The average molecular weight is 391 g/mol. The maximum Gasteiger partial charge on any atom is 0.207 e. The summed E-state index contributed by atoms with van der Waals surface area (Å²) in [5.74, 6) is 0.561. The molecule has 0 spiro atoms. The number of nitrogens with one attached hydrogen (secondary N) is 1. The number of hydrogen-bond donors (Lipinski definition) is 1. The second-order valence-electron chi connectivity index (χ2n) is 7.82. The number of pyridine rings is 1. The van der Waals surface area contributed by atoms with Gasteiger partial charge in [0.05, 0.1) is 17.9 Å². The molecule has 1 N–H and O–H groups in total. The van der Waals surface area contributed by atoms with E-state index in [-0.39, 0.29) is 0 Å². The van der Waals surface area contributed by atoms with Crippen LogP contribution in [0.3, 0.4) is 0 Å². The number of aromatic amines is 1. The number of nitrogens with zero attached hydrogens (tertiary/aromatic N) is 4. The summed E-state index contributed by atoms with van der Waals surface area (Å²) in [5.41, 5.74) is 6.01. The van der Waals surface area contributed by atoms with Crippen molar-refractivity contribution in [2.45, 2.75) is 44.1 Å². The maximum absolute atomic E-state index is 6.31. The summed E-state index contributed by atoms with van der Waals surface area (Å²) in [6.45, 7) is 1.16. The molecular formula is C22H25N5O2. The summed E-state index contributed by atoms with van der Waals surface area (Å²) in [5, 5.41) is 15.2. The largest absolute Gasteiger partial charge is 0.381 e. The van der Waals surface area contributed by atoms with Gasteiger partial charge in [-0.25, -0.2) is 0 Å². The predicted molar refractivity (Wildman–Crippen MR) is 108 cm³/mol. The van der Waals surface area contributed by atoms with Gasteiger partial charge < -0.3 is 9.47 Å². The number of fused-ring (bicyclic) bond motifs is 1. The number of aromatic nitrogens is 5. The second kappa shape index (κ2) is 7.65. The molecule has 0 radical (unpaired) electrons. The molecule has 3 heterocycles. The van der Waals surface area contributed by atoms with Gasteiger partial charge in [0, 0.05) is 19.4 Å². The zero-order valence-electron chi connectivity index (χ0n) is 16.6. The Morgan fingerprint density at radius 3 is 2.69 bits per heavy atom. The molecule has 7 nitrogen and oxygen atoms in total. The Balaban J connectivity index is 1.86. The van der Waals surface area contributed by atoms with Gasteiger partial charge in [0.1, 0.15) is 5.60 Å². The third kappa shape index (κ3) is 3.14. The molecule has 1 aliphatic carbocycles. The first-order valence-corrected chi connectivity index (χ1v) is 10.3.